The lowest BCUT2D eigenvalue weighted by molar-refractivity contribution is -0.137. The standard InChI is InChI=1S/C23H28N2O5S/c1-17-11-18(2)15-25(14-17)22(26)16-30-23(27)20-9-6-10-21(12-20)31(28,29)24-13-19-7-4-3-5-8-19/h3-10,12,17-18,24H,11,13-16H2,1-2H3/t17-,18-/m1/s1. The summed E-state index contributed by atoms with van der Waals surface area (Å²) >= 11 is 0. The van der Waals surface area contributed by atoms with Crippen molar-refractivity contribution in [2.24, 2.45) is 11.8 Å². The molecule has 0 bridgehead atoms. The second kappa shape index (κ2) is 10.1. The maximum Gasteiger partial charge on any atom is 0.338 e. The number of rotatable bonds is 7. The second-order valence-corrected chi connectivity index (χ2v) is 9.93. The zero-order valence-corrected chi connectivity index (χ0v) is 18.6. The summed E-state index contributed by atoms with van der Waals surface area (Å²) in [6.45, 7) is 5.28. The molecule has 1 aliphatic rings. The van der Waals surface area contributed by atoms with Gasteiger partial charge in [-0.25, -0.2) is 17.9 Å². The molecule has 2 aromatic rings. The van der Waals surface area contributed by atoms with Crippen molar-refractivity contribution in [1.29, 1.82) is 0 Å². The van der Waals surface area contributed by atoms with Gasteiger partial charge in [-0.3, -0.25) is 4.79 Å². The fourth-order valence-corrected chi connectivity index (χ4v) is 4.88. The number of amides is 1. The van der Waals surface area contributed by atoms with E-state index in [0.717, 1.165) is 12.0 Å². The number of carbonyl (C=O) groups excluding carboxylic acids is 2. The van der Waals surface area contributed by atoms with Gasteiger partial charge in [-0.2, -0.15) is 0 Å². The Labute approximate surface area is 183 Å². The summed E-state index contributed by atoms with van der Waals surface area (Å²) in [6.07, 6.45) is 1.07. The highest BCUT2D eigenvalue weighted by Crippen LogP contribution is 2.21. The van der Waals surface area contributed by atoms with E-state index in [4.69, 9.17) is 4.74 Å². The largest absolute Gasteiger partial charge is 0.452 e. The van der Waals surface area contributed by atoms with Gasteiger partial charge in [0, 0.05) is 19.6 Å². The number of carbonyl (C=O) groups is 2. The third-order valence-corrected chi connectivity index (χ3v) is 6.64. The van der Waals surface area contributed by atoms with Crippen LogP contribution in [0.2, 0.25) is 0 Å². The average molecular weight is 445 g/mol. The molecule has 1 amide bonds. The van der Waals surface area contributed by atoms with Crippen LogP contribution in [0.4, 0.5) is 0 Å². The van der Waals surface area contributed by atoms with Crippen LogP contribution in [-0.2, 0) is 26.1 Å². The minimum atomic E-state index is -3.81. The van der Waals surface area contributed by atoms with Crippen molar-refractivity contribution in [2.45, 2.75) is 31.7 Å². The van der Waals surface area contributed by atoms with Gasteiger partial charge in [-0.05, 0) is 42.0 Å². The molecule has 2 aromatic carbocycles. The SMILES string of the molecule is C[C@@H]1C[C@@H](C)CN(C(=O)COC(=O)c2cccc(S(=O)(=O)NCc3ccccc3)c2)C1. The summed E-state index contributed by atoms with van der Waals surface area (Å²) in [7, 11) is -3.81. The molecule has 2 atom stereocenters. The molecule has 1 aliphatic heterocycles. The first kappa shape index (κ1) is 23.0. The molecule has 0 unspecified atom stereocenters. The molecule has 0 saturated carbocycles. The van der Waals surface area contributed by atoms with Gasteiger partial charge in [0.05, 0.1) is 10.5 Å². The van der Waals surface area contributed by atoms with E-state index >= 15 is 0 Å². The van der Waals surface area contributed by atoms with E-state index in [1.165, 1.54) is 24.3 Å². The van der Waals surface area contributed by atoms with E-state index in [-0.39, 0.29) is 29.5 Å². The summed E-state index contributed by atoms with van der Waals surface area (Å²) in [5.41, 5.74) is 0.900. The predicted molar refractivity (Wildman–Crippen MR) is 117 cm³/mol. The Bertz CT molecular complexity index is 1010. The van der Waals surface area contributed by atoms with E-state index in [1.54, 1.807) is 4.90 Å². The molecule has 0 aliphatic carbocycles. The van der Waals surface area contributed by atoms with Crippen molar-refractivity contribution in [1.82, 2.24) is 9.62 Å². The Morgan fingerprint density at radius 3 is 2.39 bits per heavy atom. The van der Waals surface area contributed by atoms with Crippen molar-refractivity contribution in [2.75, 3.05) is 19.7 Å². The molecular weight excluding hydrogens is 416 g/mol. The van der Waals surface area contributed by atoms with E-state index in [0.29, 0.717) is 24.9 Å². The van der Waals surface area contributed by atoms with Crippen LogP contribution >= 0.6 is 0 Å². The van der Waals surface area contributed by atoms with Crippen LogP contribution in [0.25, 0.3) is 0 Å². The molecule has 1 saturated heterocycles. The van der Waals surface area contributed by atoms with Gasteiger partial charge in [0.2, 0.25) is 10.0 Å². The third-order valence-electron chi connectivity index (χ3n) is 5.24. The molecule has 0 radical (unpaired) electrons. The lowest BCUT2D eigenvalue weighted by atomic mass is 9.92. The van der Waals surface area contributed by atoms with Gasteiger partial charge in [-0.15, -0.1) is 0 Å². The molecule has 166 valence electrons. The average Bonchev–Trinajstić information content (AvgIpc) is 2.76. The summed E-state index contributed by atoms with van der Waals surface area (Å²) in [5, 5.41) is 0. The van der Waals surface area contributed by atoms with Crippen LogP contribution in [0.5, 0.6) is 0 Å². The Morgan fingerprint density at radius 1 is 1.03 bits per heavy atom. The molecule has 0 spiro atoms. The summed E-state index contributed by atoms with van der Waals surface area (Å²) in [6, 6.07) is 14.7. The number of benzene rings is 2. The smallest absolute Gasteiger partial charge is 0.338 e. The summed E-state index contributed by atoms with van der Waals surface area (Å²) in [4.78, 5) is 26.5. The first-order valence-corrected chi connectivity index (χ1v) is 11.8. The number of sulfonamides is 1. The lowest BCUT2D eigenvalue weighted by Gasteiger charge is -2.34. The van der Waals surface area contributed by atoms with E-state index in [2.05, 4.69) is 18.6 Å². The molecule has 31 heavy (non-hydrogen) atoms. The fourth-order valence-electron chi connectivity index (χ4n) is 3.82. The maximum atomic E-state index is 12.6. The monoisotopic (exact) mass is 444 g/mol. The topological polar surface area (TPSA) is 92.8 Å². The van der Waals surface area contributed by atoms with Gasteiger partial charge in [-0.1, -0.05) is 50.2 Å². The zero-order valence-electron chi connectivity index (χ0n) is 17.8. The highest BCUT2D eigenvalue weighted by atomic mass is 32.2. The second-order valence-electron chi connectivity index (χ2n) is 8.16. The van der Waals surface area contributed by atoms with E-state index in [1.807, 2.05) is 30.3 Å². The van der Waals surface area contributed by atoms with Gasteiger partial charge in [0.15, 0.2) is 6.61 Å². The minimum Gasteiger partial charge on any atom is -0.452 e. The Balaban J connectivity index is 1.59. The van der Waals surface area contributed by atoms with Crippen molar-refractivity contribution in [3.8, 4) is 0 Å². The molecule has 7 nitrogen and oxygen atoms in total. The zero-order chi connectivity index (χ0) is 22.4. The number of hydrogen-bond donors (Lipinski definition) is 1. The molecular formula is C23H28N2O5S. The number of hydrogen-bond acceptors (Lipinski definition) is 5. The van der Waals surface area contributed by atoms with Crippen molar-refractivity contribution in [3.05, 3.63) is 65.7 Å². The van der Waals surface area contributed by atoms with Crippen molar-refractivity contribution < 1.29 is 22.7 Å². The van der Waals surface area contributed by atoms with Crippen LogP contribution in [-0.4, -0.2) is 44.9 Å². The van der Waals surface area contributed by atoms with Crippen molar-refractivity contribution in [3.63, 3.8) is 0 Å². The highest BCUT2D eigenvalue weighted by molar-refractivity contribution is 7.89. The number of esters is 1. The molecule has 1 fully saturated rings. The lowest BCUT2D eigenvalue weighted by Crippen LogP contribution is -2.44. The minimum absolute atomic E-state index is 0.0390. The Hall–Kier alpha value is -2.71. The number of ether oxygens (including phenoxy) is 1. The molecule has 0 aromatic heterocycles. The summed E-state index contributed by atoms with van der Waals surface area (Å²) < 4.78 is 32.9. The number of nitrogens with one attached hydrogen (secondary N) is 1. The fraction of sp³-hybridized carbons (Fsp3) is 0.391. The van der Waals surface area contributed by atoms with Crippen LogP contribution in [0.1, 0.15) is 36.2 Å². The molecule has 8 heteroatoms. The first-order valence-electron chi connectivity index (χ1n) is 10.3. The maximum absolute atomic E-state index is 12.6. The van der Waals surface area contributed by atoms with Gasteiger partial charge in [0.25, 0.3) is 5.91 Å². The molecule has 3 rings (SSSR count). The number of nitrogens with zero attached hydrogens (tertiary/aromatic N) is 1. The van der Waals surface area contributed by atoms with Crippen LogP contribution < -0.4 is 4.72 Å². The van der Waals surface area contributed by atoms with Gasteiger partial charge < -0.3 is 9.64 Å². The van der Waals surface area contributed by atoms with Gasteiger partial charge >= 0.3 is 5.97 Å². The normalized spacial score (nSPS) is 19.1. The Morgan fingerprint density at radius 2 is 1.71 bits per heavy atom. The van der Waals surface area contributed by atoms with E-state index < -0.39 is 16.0 Å². The molecule has 1 heterocycles. The quantitative estimate of drug-likeness (QED) is 0.663. The third kappa shape index (κ3) is 6.38. The Kier molecular flexibility index (Phi) is 7.46. The van der Waals surface area contributed by atoms with Gasteiger partial charge in [0.1, 0.15) is 0 Å². The summed E-state index contributed by atoms with van der Waals surface area (Å²) in [5.74, 6) is -0.144. The first-order chi connectivity index (χ1) is 14.7. The van der Waals surface area contributed by atoms with Crippen LogP contribution in [0.3, 0.4) is 0 Å². The van der Waals surface area contributed by atoms with Crippen molar-refractivity contribution >= 4 is 21.9 Å². The number of piperidine rings is 1. The molecule has 1 N–H and O–H groups in total. The van der Waals surface area contributed by atoms with E-state index in [9.17, 15) is 18.0 Å². The highest BCUT2D eigenvalue weighted by Gasteiger charge is 2.26. The van der Waals surface area contributed by atoms with Crippen LogP contribution in [0, 0.1) is 11.8 Å². The predicted octanol–water partition coefficient (Wildman–Crippen LogP) is 2.83. The number of likely N-dealkylation sites (tertiary alicyclic amines) is 1. The van der Waals surface area contributed by atoms with Crippen LogP contribution in [0.15, 0.2) is 59.5 Å².